The maximum atomic E-state index is 13.7. The number of nitrogens with two attached hydrogens (primary N) is 1. The van der Waals surface area contributed by atoms with Crippen molar-refractivity contribution < 1.29 is 4.39 Å². The van der Waals surface area contributed by atoms with E-state index in [9.17, 15) is 4.39 Å². The van der Waals surface area contributed by atoms with Crippen LogP contribution in [-0.2, 0) is 5.54 Å². The molecule has 0 unspecified atom stereocenters. The lowest BCUT2D eigenvalue weighted by Gasteiger charge is -2.28. The van der Waals surface area contributed by atoms with Crippen LogP contribution in [-0.4, -0.2) is 9.55 Å². The van der Waals surface area contributed by atoms with Gasteiger partial charge in [-0.2, -0.15) is 0 Å². The van der Waals surface area contributed by atoms with Crippen LogP contribution in [0.1, 0.15) is 33.6 Å². The third-order valence-corrected chi connectivity index (χ3v) is 3.80. The first-order valence-corrected chi connectivity index (χ1v) is 6.79. The average Bonchev–Trinajstić information content (AvgIpc) is 2.55. The van der Waals surface area contributed by atoms with Crippen molar-refractivity contribution in [2.24, 2.45) is 0 Å². The van der Waals surface area contributed by atoms with Gasteiger partial charge in [-0.25, -0.2) is 9.37 Å². The van der Waals surface area contributed by atoms with E-state index in [0.29, 0.717) is 15.9 Å². The summed E-state index contributed by atoms with van der Waals surface area (Å²) in [5.74, 6) is 0.136. The second kappa shape index (κ2) is 4.53. The fraction of sp³-hybridized carbons (Fsp3) is 0.462. The fourth-order valence-electron chi connectivity index (χ4n) is 2.45. The van der Waals surface area contributed by atoms with Crippen LogP contribution in [0.2, 0.25) is 0 Å². The summed E-state index contributed by atoms with van der Waals surface area (Å²) in [6, 6.07) is 3.15. The first kappa shape index (κ1) is 13.3. The molecule has 0 aliphatic rings. The van der Waals surface area contributed by atoms with Crippen molar-refractivity contribution in [2.75, 3.05) is 5.73 Å². The van der Waals surface area contributed by atoms with E-state index in [4.69, 9.17) is 5.73 Å². The maximum absolute atomic E-state index is 13.7. The van der Waals surface area contributed by atoms with Gasteiger partial charge in [-0.05, 0) is 42.3 Å². The van der Waals surface area contributed by atoms with Crippen molar-refractivity contribution in [2.45, 2.75) is 39.2 Å². The number of aromatic nitrogens is 2. The third kappa shape index (κ3) is 2.11. The molecule has 1 aromatic carbocycles. The van der Waals surface area contributed by atoms with Gasteiger partial charge < -0.3 is 10.3 Å². The van der Waals surface area contributed by atoms with E-state index < -0.39 is 0 Å². The topological polar surface area (TPSA) is 43.8 Å². The molecule has 3 nitrogen and oxygen atoms in total. The standard InChI is InChI=1S/C13H17BrFN3/c1-4-5-13(2,3)18-11-7-9(15)8(14)6-10(11)17-12(18)16/h6-7H,4-5H2,1-3H3,(H2,16,17). The number of nitrogen functional groups attached to an aromatic ring is 1. The fourth-order valence-corrected chi connectivity index (χ4v) is 2.78. The van der Waals surface area contributed by atoms with Crippen LogP contribution in [0, 0.1) is 5.82 Å². The molecule has 0 amide bonds. The summed E-state index contributed by atoms with van der Waals surface area (Å²) in [5, 5.41) is 0. The van der Waals surface area contributed by atoms with Gasteiger partial charge in [0.1, 0.15) is 5.82 Å². The molecule has 0 spiro atoms. The largest absolute Gasteiger partial charge is 0.369 e. The van der Waals surface area contributed by atoms with Crippen LogP contribution < -0.4 is 5.73 Å². The van der Waals surface area contributed by atoms with Gasteiger partial charge in [0.05, 0.1) is 15.5 Å². The molecule has 0 fully saturated rings. The van der Waals surface area contributed by atoms with E-state index in [1.165, 1.54) is 6.07 Å². The summed E-state index contributed by atoms with van der Waals surface area (Å²) < 4.78 is 16.0. The predicted octanol–water partition coefficient (Wildman–Crippen LogP) is 4.06. The summed E-state index contributed by atoms with van der Waals surface area (Å²) in [7, 11) is 0. The number of imidazole rings is 1. The van der Waals surface area contributed by atoms with Crippen LogP contribution >= 0.6 is 15.9 Å². The Morgan fingerprint density at radius 1 is 1.44 bits per heavy atom. The number of hydrogen-bond acceptors (Lipinski definition) is 2. The highest BCUT2D eigenvalue weighted by molar-refractivity contribution is 9.10. The van der Waals surface area contributed by atoms with Crippen molar-refractivity contribution in [1.29, 1.82) is 0 Å². The molecular weight excluding hydrogens is 297 g/mol. The smallest absolute Gasteiger partial charge is 0.201 e. The molecule has 0 radical (unpaired) electrons. The van der Waals surface area contributed by atoms with Gasteiger partial charge in [-0.3, -0.25) is 0 Å². The summed E-state index contributed by atoms with van der Waals surface area (Å²) >= 11 is 3.17. The molecular formula is C13H17BrFN3. The Balaban J connectivity index is 2.70. The summed E-state index contributed by atoms with van der Waals surface area (Å²) in [5.41, 5.74) is 7.27. The van der Waals surface area contributed by atoms with E-state index in [-0.39, 0.29) is 11.4 Å². The third-order valence-electron chi connectivity index (χ3n) is 3.19. The van der Waals surface area contributed by atoms with Gasteiger partial charge in [0.25, 0.3) is 0 Å². The lowest BCUT2D eigenvalue weighted by Crippen LogP contribution is -2.27. The molecule has 0 aliphatic heterocycles. The van der Waals surface area contributed by atoms with Crippen LogP contribution in [0.3, 0.4) is 0 Å². The minimum atomic E-state index is -0.295. The van der Waals surface area contributed by atoms with E-state index in [1.54, 1.807) is 6.07 Å². The summed E-state index contributed by atoms with van der Waals surface area (Å²) in [6.45, 7) is 6.30. The normalized spacial score (nSPS) is 12.3. The monoisotopic (exact) mass is 313 g/mol. The molecule has 1 heterocycles. The molecule has 0 atom stereocenters. The Labute approximate surface area is 114 Å². The molecule has 18 heavy (non-hydrogen) atoms. The van der Waals surface area contributed by atoms with E-state index in [2.05, 4.69) is 41.7 Å². The first-order valence-electron chi connectivity index (χ1n) is 6.00. The van der Waals surface area contributed by atoms with Crippen molar-refractivity contribution in [3.8, 4) is 0 Å². The van der Waals surface area contributed by atoms with Gasteiger partial charge in [0.2, 0.25) is 5.95 Å². The Kier molecular flexibility index (Phi) is 3.36. The van der Waals surface area contributed by atoms with Crippen molar-refractivity contribution >= 4 is 32.9 Å². The van der Waals surface area contributed by atoms with Gasteiger partial charge in [-0.1, -0.05) is 13.3 Å². The molecule has 0 saturated carbocycles. The number of rotatable bonds is 3. The quantitative estimate of drug-likeness (QED) is 0.928. The number of halogens is 2. The second-order valence-electron chi connectivity index (χ2n) is 5.12. The Bertz CT molecular complexity index is 589. The average molecular weight is 314 g/mol. The molecule has 0 saturated heterocycles. The minimum Gasteiger partial charge on any atom is -0.369 e. The Morgan fingerprint density at radius 3 is 2.72 bits per heavy atom. The maximum Gasteiger partial charge on any atom is 0.201 e. The lowest BCUT2D eigenvalue weighted by atomic mass is 9.98. The second-order valence-corrected chi connectivity index (χ2v) is 5.98. The number of fused-ring (bicyclic) bond motifs is 1. The number of benzene rings is 1. The van der Waals surface area contributed by atoms with Gasteiger partial charge in [0, 0.05) is 11.6 Å². The zero-order valence-corrected chi connectivity index (χ0v) is 12.4. The highest BCUT2D eigenvalue weighted by Crippen LogP contribution is 2.32. The first-order chi connectivity index (χ1) is 8.36. The van der Waals surface area contributed by atoms with Crippen LogP contribution in [0.25, 0.3) is 11.0 Å². The molecule has 5 heteroatoms. The van der Waals surface area contributed by atoms with Gasteiger partial charge in [0.15, 0.2) is 0 Å². The Hall–Kier alpha value is -1.10. The highest BCUT2D eigenvalue weighted by Gasteiger charge is 2.24. The van der Waals surface area contributed by atoms with Gasteiger partial charge in [-0.15, -0.1) is 0 Å². The molecule has 98 valence electrons. The zero-order chi connectivity index (χ0) is 13.5. The number of nitrogens with zero attached hydrogens (tertiary/aromatic N) is 2. The van der Waals surface area contributed by atoms with E-state index in [0.717, 1.165) is 18.4 Å². The molecule has 0 bridgehead atoms. The highest BCUT2D eigenvalue weighted by atomic mass is 79.9. The Morgan fingerprint density at radius 2 is 2.11 bits per heavy atom. The van der Waals surface area contributed by atoms with E-state index in [1.807, 2.05) is 4.57 Å². The molecule has 2 rings (SSSR count). The van der Waals surface area contributed by atoms with Crippen molar-refractivity contribution in [3.05, 3.63) is 22.4 Å². The molecule has 0 aliphatic carbocycles. The summed E-state index contributed by atoms with van der Waals surface area (Å²) in [6.07, 6.45) is 1.99. The van der Waals surface area contributed by atoms with Crippen LogP contribution in [0.4, 0.5) is 10.3 Å². The van der Waals surface area contributed by atoms with Gasteiger partial charge >= 0.3 is 0 Å². The number of anilines is 1. The SMILES string of the molecule is CCCC(C)(C)n1c(N)nc2cc(Br)c(F)cc21. The molecule has 1 aromatic heterocycles. The molecule has 2 aromatic rings. The zero-order valence-electron chi connectivity index (χ0n) is 10.8. The van der Waals surface area contributed by atoms with Crippen molar-refractivity contribution in [3.63, 3.8) is 0 Å². The molecule has 2 N–H and O–H groups in total. The van der Waals surface area contributed by atoms with Crippen LogP contribution in [0.5, 0.6) is 0 Å². The van der Waals surface area contributed by atoms with E-state index >= 15 is 0 Å². The predicted molar refractivity (Wildman–Crippen MR) is 76.0 cm³/mol. The van der Waals surface area contributed by atoms with Crippen LogP contribution in [0.15, 0.2) is 16.6 Å². The lowest BCUT2D eigenvalue weighted by molar-refractivity contribution is 0.338. The van der Waals surface area contributed by atoms with Crippen molar-refractivity contribution in [1.82, 2.24) is 9.55 Å². The minimum absolute atomic E-state index is 0.173. The number of hydrogen-bond donors (Lipinski definition) is 1. The summed E-state index contributed by atoms with van der Waals surface area (Å²) in [4.78, 5) is 4.31.